The van der Waals surface area contributed by atoms with Crippen LogP contribution in [0, 0.1) is 0 Å². The van der Waals surface area contributed by atoms with Crippen molar-refractivity contribution in [2.75, 3.05) is 0 Å². The Hall–Kier alpha value is -0.500. The lowest BCUT2D eigenvalue weighted by Gasteiger charge is -2.14. The number of halogens is 1. The zero-order valence-electron chi connectivity index (χ0n) is 9.64. The van der Waals surface area contributed by atoms with Crippen LogP contribution in [-0.2, 0) is 5.41 Å². The molecule has 1 aromatic heterocycles. The zero-order chi connectivity index (χ0) is 11.1. The third-order valence-electron chi connectivity index (χ3n) is 3.10. The van der Waals surface area contributed by atoms with Crippen LogP contribution in [0.15, 0.2) is 4.52 Å². The summed E-state index contributed by atoms with van der Waals surface area (Å²) in [7, 11) is 0. The predicted molar refractivity (Wildman–Crippen MR) is 61.4 cm³/mol. The third kappa shape index (κ3) is 2.05. The number of nitrogens with zero attached hydrogens (tertiary/aromatic N) is 1. The van der Waals surface area contributed by atoms with Crippen molar-refractivity contribution in [3.63, 3.8) is 0 Å². The summed E-state index contributed by atoms with van der Waals surface area (Å²) in [5, 5.41) is 4.88. The minimum absolute atomic E-state index is 0.0303. The second kappa shape index (κ2) is 3.82. The van der Waals surface area contributed by atoms with Crippen molar-refractivity contribution in [3.05, 3.63) is 16.5 Å². The van der Waals surface area contributed by atoms with E-state index in [0.29, 0.717) is 5.92 Å². The first-order valence-electron chi connectivity index (χ1n) is 5.65. The molecule has 15 heavy (non-hydrogen) atoms. The fraction of sp³-hybridized carbons (Fsp3) is 0.750. The summed E-state index contributed by atoms with van der Waals surface area (Å²) in [4.78, 5) is 0. The van der Waals surface area contributed by atoms with Crippen LogP contribution in [0.2, 0.25) is 5.02 Å². The first kappa shape index (κ1) is 11.0. The molecule has 2 nitrogen and oxygen atoms in total. The van der Waals surface area contributed by atoms with Gasteiger partial charge < -0.3 is 4.52 Å². The minimum Gasteiger partial charge on any atom is -0.359 e. The van der Waals surface area contributed by atoms with Gasteiger partial charge in [0.25, 0.3) is 0 Å². The average Bonchev–Trinajstić information content (AvgIpc) is 2.69. The Bertz CT molecular complexity index is 345. The molecule has 1 fully saturated rings. The molecule has 0 atom stereocenters. The van der Waals surface area contributed by atoms with Gasteiger partial charge in [-0.1, -0.05) is 50.4 Å². The molecule has 1 aromatic rings. The van der Waals surface area contributed by atoms with Gasteiger partial charge in [0.15, 0.2) is 5.76 Å². The van der Waals surface area contributed by atoms with E-state index < -0.39 is 0 Å². The van der Waals surface area contributed by atoms with Gasteiger partial charge in [0.05, 0.1) is 0 Å². The molecule has 1 saturated carbocycles. The molecule has 0 aliphatic heterocycles. The van der Waals surface area contributed by atoms with Crippen LogP contribution in [0.25, 0.3) is 0 Å². The van der Waals surface area contributed by atoms with Gasteiger partial charge in [-0.25, -0.2) is 0 Å². The van der Waals surface area contributed by atoms with E-state index in [4.69, 9.17) is 16.1 Å². The Morgan fingerprint density at radius 3 is 2.33 bits per heavy atom. The van der Waals surface area contributed by atoms with E-state index in [-0.39, 0.29) is 5.41 Å². The first-order chi connectivity index (χ1) is 7.00. The highest BCUT2D eigenvalue weighted by Crippen LogP contribution is 2.41. The summed E-state index contributed by atoms with van der Waals surface area (Å²) in [5.41, 5.74) is 0.864. The molecule has 1 aliphatic rings. The van der Waals surface area contributed by atoms with Gasteiger partial charge in [-0.2, -0.15) is 0 Å². The summed E-state index contributed by atoms with van der Waals surface area (Å²) in [6.45, 7) is 6.32. The highest BCUT2D eigenvalue weighted by molar-refractivity contribution is 6.32. The van der Waals surface area contributed by atoms with Crippen molar-refractivity contribution < 1.29 is 4.52 Å². The molecule has 0 bridgehead atoms. The summed E-state index contributed by atoms with van der Waals surface area (Å²) < 4.78 is 5.42. The van der Waals surface area contributed by atoms with E-state index in [1.165, 1.54) is 25.7 Å². The molecule has 0 saturated heterocycles. The molecular formula is C12H18ClNO. The lowest BCUT2D eigenvalue weighted by Crippen LogP contribution is -2.12. The van der Waals surface area contributed by atoms with Crippen LogP contribution < -0.4 is 0 Å². The van der Waals surface area contributed by atoms with Gasteiger partial charge in [-0.15, -0.1) is 0 Å². The molecule has 1 aliphatic carbocycles. The molecule has 0 spiro atoms. The molecule has 3 heteroatoms. The van der Waals surface area contributed by atoms with E-state index in [1.54, 1.807) is 0 Å². The molecule has 0 radical (unpaired) electrons. The predicted octanol–water partition coefficient (Wildman–Crippen LogP) is 4.28. The van der Waals surface area contributed by atoms with Crippen molar-refractivity contribution in [2.45, 2.75) is 57.8 Å². The van der Waals surface area contributed by atoms with Crippen LogP contribution >= 0.6 is 11.6 Å². The quantitative estimate of drug-likeness (QED) is 0.716. The van der Waals surface area contributed by atoms with Crippen LogP contribution in [0.5, 0.6) is 0 Å². The van der Waals surface area contributed by atoms with Crippen molar-refractivity contribution in [3.8, 4) is 0 Å². The third-order valence-corrected chi connectivity index (χ3v) is 3.46. The molecule has 84 valence electrons. The van der Waals surface area contributed by atoms with Crippen LogP contribution in [0.1, 0.15) is 63.8 Å². The fourth-order valence-electron chi connectivity index (χ4n) is 2.20. The molecular weight excluding hydrogens is 210 g/mol. The summed E-state index contributed by atoms with van der Waals surface area (Å²) in [5.74, 6) is 1.42. The highest BCUT2D eigenvalue weighted by Gasteiger charge is 2.30. The number of hydrogen-bond donors (Lipinski definition) is 0. The normalized spacial score (nSPS) is 18.7. The average molecular weight is 228 g/mol. The lowest BCUT2D eigenvalue weighted by molar-refractivity contribution is 0.346. The topological polar surface area (TPSA) is 26.0 Å². The zero-order valence-corrected chi connectivity index (χ0v) is 10.4. The lowest BCUT2D eigenvalue weighted by atomic mass is 9.91. The first-order valence-corrected chi connectivity index (χ1v) is 6.03. The Labute approximate surface area is 96.0 Å². The monoisotopic (exact) mass is 227 g/mol. The maximum Gasteiger partial charge on any atom is 0.158 e. The van der Waals surface area contributed by atoms with Crippen molar-refractivity contribution >= 4 is 11.6 Å². The molecule has 0 amide bonds. The van der Waals surface area contributed by atoms with Gasteiger partial charge >= 0.3 is 0 Å². The molecule has 0 unspecified atom stereocenters. The van der Waals surface area contributed by atoms with Gasteiger partial charge in [0, 0.05) is 11.3 Å². The second-order valence-corrected chi connectivity index (χ2v) is 5.82. The van der Waals surface area contributed by atoms with E-state index in [9.17, 15) is 0 Å². The van der Waals surface area contributed by atoms with E-state index in [0.717, 1.165) is 16.5 Å². The van der Waals surface area contributed by atoms with Gasteiger partial charge in [0.1, 0.15) is 10.7 Å². The van der Waals surface area contributed by atoms with Crippen molar-refractivity contribution in [1.82, 2.24) is 5.16 Å². The number of hydrogen-bond acceptors (Lipinski definition) is 2. The van der Waals surface area contributed by atoms with Crippen molar-refractivity contribution in [2.24, 2.45) is 0 Å². The molecule has 1 heterocycles. The standard InChI is InChI=1S/C12H18ClNO/c1-12(2,3)11-9(13)10(15-14-11)8-6-4-5-7-8/h8H,4-7H2,1-3H3. The van der Waals surface area contributed by atoms with E-state index in [2.05, 4.69) is 25.9 Å². The second-order valence-electron chi connectivity index (χ2n) is 5.44. The maximum atomic E-state index is 6.33. The number of aromatic nitrogens is 1. The Morgan fingerprint density at radius 1 is 1.27 bits per heavy atom. The Morgan fingerprint density at radius 2 is 1.87 bits per heavy atom. The van der Waals surface area contributed by atoms with Gasteiger partial charge in [0.2, 0.25) is 0 Å². The minimum atomic E-state index is -0.0303. The summed E-state index contributed by atoms with van der Waals surface area (Å²) in [6.07, 6.45) is 4.95. The van der Waals surface area contributed by atoms with Gasteiger partial charge in [-0.3, -0.25) is 0 Å². The van der Waals surface area contributed by atoms with Crippen molar-refractivity contribution in [1.29, 1.82) is 0 Å². The summed E-state index contributed by atoms with van der Waals surface area (Å²) >= 11 is 6.33. The van der Waals surface area contributed by atoms with Gasteiger partial charge in [-0.05, 0) is 12.8 Å². The fourth-order valence-corrected chi connectivity index (χ4v) is 2.71. The largest absolute Gasteiger partial charge is 0.359 e. The van der Waals surface area contributed by atoms with Crippen LogP contribution in [0.3, 0.4) is 0 Å². The number of rotatable bonds is 1. The molecule has 0 aromatic carbocycles. The molecule has 0 N–H and O–H groups in total. The van der Waals surface area contributed by atoms with E-state index in [1.807, 2.05) is 0 Å². The van der Waals surface area contributed by atoms with Crippen LogP contribution in [-0.4, -0.2) is 5.16 Å². The smallest absolute Gasteiger partial charge is 0.158 e. The van der Waals surface area contributed by atoms with E-state index >= 15 is 0 Å². The highest BCUT2D eigenvalue weighted by atomic mass is 35.5. The Kier molecular flexibility index (Phi) is 2.80. The maximum absolute atomic E-state index is 6.33. The molecule has 2 rings (SSSR count). The van der Waals surface area contributed by atoms with Crippen LogP contribution in [0.4, 0.5) is 0 Å². The Balaban J connectivity index is 2.31. The summed E-state index contributed by atoms with van der Waals surface area (Å²) in [6, 6.07) is 0. The SMILES string of the molecule is CC(C)(C)c1noc(C2CCCC2)c1Cl.